The van der Waals surface area contributed by atoms with Gasteiger partial charge in [0.05, 0.1) is 18.6 Å². The number of benzene rings is 2. The Morgan fingerprint density at radius 3 is 1.92 bits per heavy atom. The molecule has 0 aromatic heterocycles. The van der Waals surface area contributed by atoms with E-state index in [9.17, 15) is 9.59 Å². The highest BCUT2D eigenvalue weighted by Gasteiger charge is 2.21. The molecule has 2 rings (SSSR count). The van der Waals surface area contributed by atoms with Crippen LogP contribution in [-0.4, -0.2) is 18.0 Å². The van der Waals surface area contributed by atoms with Crippen LogP contribution < -0.4 is 5.32 Å². The molecule has 0 aliphatic carbocycles. The number of carbonyl (C=O) groups excluding carboxylic acids is 2. The molecule has 4 nitrogen and oxygen atoms in total. The quantitative estimate of drug-likeness (QED) is 0.717. The van der Waals surface area contributed by atoms with E-state index in [0.717, 1.165) is 11.1 Å². The highest BCUT2D eigenvalue weighted by Crippen LogP contribution is 2.21. The third kappa shape index (κ3) is 6.36. The van der Waals surface area contributed by atoms with Crippen LogP contribution in [0.1, 0.15) is 56.7 Å². The highest BCUT2D eigenvalue weighted by atomic mass is 16.5. The molecule has 2 aromatic rings. The van der Waals surface area contributed by atoms with E-state index in [1.807, 2.05) is 81.4 Å². The number of rotatable bonds is 8. The summed E-state index contributed by atoms with van der Waals surface area (Å²) < 4.78 is 5.24. The van der Waals surface area contributed by atoms with Crippen molar-refractivity contribution in [2.24, 2.45) is 0 Å². The third-order valence-electron chi connectivity index (χ3n) is 4.14. The van der Waals surface area contributed by atoms with E-state index in [1.165, 1.54) is 0 Å². The number of ether oxygens (including phenoxy) is 1. The number of hydrogen-bond acceptors (Lipinski definition) is 3. The van der Waals surface area contributed by atoms with Gasteiger partial charge >= 0.3 is 5.97 Å². The zero-order valence-corrected chi connectivity index (χ0v) is 15.6. The minimum Gasteiger partial charge on any atom is -0.463 e. The van der Waals surface area contributed by atoms with E-state index in [4.69, 9.17) is 4.74 Å². The molecule has 1 N–H and O–H groups in total. The van der Waals surface area contributed by atoms with Gasteiger partial charge in [-0.15, -0.1) is 0 Å². The molecule has 0 spiro atoms. The van der Waals surface area contributed by atoms with Crippen LogP contribution in [0.3, 0.4) is 0 Å². The van der Waals surface area contributed by atoms with E-state index >= 15 is 0 Å². The van der Waals surface area contributed by atoms with Gasteiger partial charge in [0, 0.05) is 6.42 Å². The fourth-order valence-electron chi connectivity index (χ4n) is 2.85. The lowest BCUT2D eigenvalue weighted by molar-refractivity contribution is -0.148. The first-order chi connectivity index (χ1) is 12.5. The summed E-state index contributed by atoms with van der Waals surface area (Å²) in [6, 6.07) is 19.1. The molecular formula is C22H27NO3. The summed E-state index contributed by atoms with van der Waals surface area (Å²) in [5, 5.41) is 3.00. The van der Waals surface area contributed by atoms with Crippen LogP contribution >= 0.6 is 0 Å². The van der Waals surface area contributed by atoms with Crippen LogP contribution in [-0.2, 0) is 14.3 Å². The van der Waals surface area contributed by atoms with E-state index < -0.39 is 6.04 Å². The van der Waals surface area contributed by atoms with Crippen molar-refractivity contribution in [1.82, 2.24) is 5.32 Å². The Balaban J connectivity index is 2.03. The maximum Gasteiger partial charge on any atom is 0.308 e. The second-order valence-electron chi connectivity index (χ2n) is 6.79. The molecule has 0 aliphatic heterocycles. The maximum absolute atomic E-state index is 12.6. The zero-order valence-electron chi connectivity index (χ0n) is 15.6. The Hall–Kier alpha value is -2.62. The molecule has 1 amide bonds. The standard InChI is InChI=1S/C22H27NO3/c1-16(2)26-22(25)15-20(19-12-8-5-9-13-19)23-21(24)14-17(3)18-10-6-4-7-11-18/h4-13,16-17,20H,14-15H2,1-3H3,(H,23,24). The topological polar surface area (TPSA) is 55.4 Å². The Morgan fingerprint density at radius 2 is 1.38 bits per heavy atom. The minimum absolute atomic E-state index is 0.0763. The first kappa shape index (κ1) is 19.7. The SMILES string of the molecule is CC(C)OC(=O)CC(NC(=O)CC(C)c1ccccc1)c1ccccc1. The van der Waals surface area contributed by atoms with Gasteiger partial charge in [-0.2, -0.15) is 0 Å². The van der Waals surface area contributed by atoms with Crippen molar-refractivity contribution in [1.29, 1.82) is 0 Å². The van der Waals surface area contributed by atoms with Gasteiger partial charge in [-0.25, -0.2) is 0 Å². The molecule has 26 heavy (non-hydrogen) atoms. The van der Waals surface area contributed by atoms with Crippen molar-refractivity contribution in [2.75, 3.05) is 0 Å². The molecule has 138 valence electrons. The van der Waals surface area contributed by atoms with Crippen molar-refractivity contribution in [2.45, 2.75) is 51.7 Å². The van der Waals surface area contributed by atoms with Gasteiger partial charge in [-0.3, -0.25) is 9.59 Å². The van der Waals surface area contributed by atoms with E-state index in [0.29, 0.717) is 6.42 Å². The Bertz CT molecular complexity index is 698. The molecule has 2 atom stereocenters. The number of amides is 1. The van der Waals surface area contributed by atoms with Gasteiger partial charge in [-0.1, -0.05) is 67.6 Å². The number of nitrogens with one attached hydrogen (secondary N) is 1. The highest BCUT2D eigenvalue weighted by molar-refractivity contribution is 5.79. The van der Waals surface area contributed by atoms with Crippen molar-refractivity contribution in [3.8, 4) is 0 Å². The van der Waals surface area contributed by atoms with Crippen LogP contribution in [0.4, 0.5) is 0 Å². The fraction of sp³-hybridized carbons (Fsp3) is 0.364. The molecule has 2 unspecified atom stereocenters. The van der Waals surface area contributed by atoms with Crippen LogP contribution in [0.15, 0.2) is 60.7 Å². The van der Waals surface area contributed by atoms with Crippen molar-refractivity contribution < 1.29 is 14.3 Å². The molecule has 0 saturated heterocycles. The zero-order chi connectivity index (χ0) is 18.9. The lowest BCUT2D eigenvalue weighted by Gasteiger charge is -2.20. The second kappa shape index (κ2) is 9.76. The van der Waals surface area contributed by atoms with Crippen LogP contribution in [0.25, 0.3) is 0 Å². The van der Waals surface area contributed by atoms with Gasteiger partial charge in [0.2, 0.25) is 5.91 Å². The van der Waals surface area contributed by atoms with E-state index in [-0.39, 0.29) is 30.3 Å². The summed E-state index contributed by atoms with van der Waals surface area (Å²) >= 11 is 0. The summed E-state index contributed by atoms with van der Waals surface area (Å²) in [6.45, 7) is 5.66. The smallest absolute Gasteiger partial charge is 0.308 e. The Morgan fingerprint density at radius 1 is 0.846 bits per heavy atom. The normalized spacial score (nSPS) is 13.1. The molecule has 0 saturated carbocycles. The minimum atomic E-state index is -0.391. The largest absolute Gasteiger partial charge is 0.463 e. The summed E-state index contributed by atoms with van der Waals surface area (Å²) in [7, 11) is 0. The van der Waals surface area contributed by atoms with E-state index in [2.05, 4.69) is 5.32 Å². The summed E-state index contributed by atoms with van der Waals surface area (Å²) in [4.78, 5) is 24.6. The van der Waals surface area contributed by atoms with Crippen LogP contribution in [0.5, 0.6) is 0 Å². The first-order valence-corrected chi connectivity index (χ1v) is 9.04. The third-order valence-corrected chi connectivity index (χ3v) is 4.14. The average molecular weight is 353 g/mol. The summed E-state index contributed by atoms with van der Waals surface area (Å²) in [5.74, 6) is -0.284. The van der Waals surface area contributed by atoms with Gasteiger partial charge in [-0.05, 0) is 30.9 Å². The number of hydrogen-bond donors (Lipinski definition) is 1. The predicted molar refractivity (Wildman–Crippen MR) is 103 cm³/mol. The molecular weight excluding hydrogens is 326 g/mol. The first-order valence-electron chi connectivity index (χ1n) is 9.04. The Labute approximate surface area is 155 Å². The molecule has 0 heterocycles. The van der Waals surface area contributed by atoms with E-state index in [1.54, 1.807) is 0 Å². The lowest BCUT2D eigenvalue weighted by atomic mass is 9.97. The lowest BCUT2D eigenvalue weighted by Crippen LogP contribution is -2.31. The number of carbonyl (C=O) groups is 2. The molecule has 0 aliphatic rings. The van der Waals surface area contributed by atoms with Crippen LogP contribution in [0.2, 0.25) is 0 Å². The molecule has 2 aromatic carbocycles. The molecule has 0 bridgehead atoms. The average Bonchev–Trinajstić information content (AvgIpc) is 2.62. The van der Waals surface area contributed by atoms with Crippen molar-refractivity contribution in [3.63, 3.8) is 0 Å². The molecule has 0 fully saturated rings. The van der Waals surface area contributed by atoms with Crippen molar-refractivity contribution in [3.05, 3.63) is 71.8 Å². The van der Waals surface area contributed by atoms with Crippen LogP contribution in [0, 0.1) is 0 Å². The van der Waals surface area contributed by atoms with Gasteiger partial charge in [0.1, 0.15) is 0 Å². The maximum atomic E-state index is 12.6. The monoisotopic (exact) mass is 353 g/mol. The van der Waals surface area contributed by atoms with Crippen molar-refractivity contribution >= 4 is 11.9 Å². The van der Waals surface area contributed by atoms with Gasteiger partial charge < -0.3 is 10.1 Å². The predicted octanol–water partition coefficient (Wildman–Crippen LogP) is 4.38. The summed E-state index contributed by atoms with van der Waals surface area (Å²) in [5.41, 5.74) is 2.02. The fourth-order valence-corrected chi connectivity index (χ4v) is 2.85. The second-order valence-corrected chi connectivity index (χ2v) is 6.79. The van der Waals surface area contributed by atoms with Gasteiger partial charge in [0.15, 0.2) is 0 Å². The Kier molecular flexibility index (Phi) is 7.39. The van der Waals surface area contributed by atoms with Gasteiger partial charge in [0.25, 0.3) is 0 Å². The summed E-state index contributed by atoms with van der Waals surface area (Å²) in [6.07, 6.45) is 0.313. The molecule has 0 radical (unpaired) electrons. The number of esters is 1. The molecule has 4 heteroatoms.